The van der Waals surface area contributed by atoms with E-state index in [1.54, 1.807) is 13.2 Å². The minimum Gasteiger partial charge on any atom is -0.495 e. The first-order valence-corrected chi connectivity index (χ1v) is 5.98. The first-order chi connectivity index (χ1) is 8.76. The Bertz CT molecular complexity index is 434. The van der Waals surface area contributed by atoms with Gasteiger partial charge in [0.15, 0.2) is 0 Å². The number of carbonyl (C=O) groups is 1. The summed E-state index contributed by atoms with van der Waals surface area (Å²) in [6.07, 6.45) is 0. The summed E-state index contributed by atoms with van der Waals surface area (Å²) in [6, 6.07) is 5.36. The number of carbonyl (C=O) groups excluding carboxylic acids is 1. The molecule has 5 nitrogen and oxygen atoms in total. The van der Waals surface area contributed by atoms with Crippen molar-refractivity contribution in [2.75, 3.05) is 45.3 Å². The summed E-state index contributed by atoms with van der Waals surface area (Å²) in [7, 11) is 3.02. The van der Waals surface area contributed by atoms with Gasteiger partial charge in [0, 0.05) is 26.2 Å². The SMILES string of the molecule is COC(=O)c1ccc(OC)c(N2CCNCC2)c1.Cl. The van der Waals surface area contributed by atoms with Gasteiger partial charge in [-0.15, -0.1) is 12.4 Å². The minimum atomic E-state index is -0.325. The molecule has 0 aromatic heterocycles. The second kappa shape index (κ2) is 7.21. The summed E-state index contributed by atoms with van der Waals surface area (Å²) in [5, 5.41) is 3.30. The predicted molar refractivity (Wildman–Crippen MR) is 76.7 cm³/mol. The third kappa shape index (κ3) is 3.52. The normalized spacial score (nSPS) is 14.5. The molecule has 0 radical (unpaired) electrons. The molecule has 0 amide bonds. The number of methoxy groups -OCH3 is 2. The molecule has 19 heavy (non-hydrogen) atoms. The number of rotatable bonds is 3. The summed E-state index contributed by atoms with van der Waals surface area (Å²) in [5.74, 6) is 0.457. The van der Waals surface area contributed by atoms with Crippen LogP contribution in [0.25, 0.3) is 0 Å². The molecule has 1 aromatic carbocycles. The number of nitrogens with one attached hydrogen (secondary N) is 1. The van der Waals surface area contributed by atoms with Crippen LogP contribution < -0.4 is 15.0 Å². The molecule has 0 aliphatic carbocycles. The predicted octanol–water partition coefficient (Wildman–Crippen LogP) is 1.31. The molecule has 0 spiro atoms. The molecule has 2 rings (SSSR count). The first-order valence-electron chi connectivity index (χ1n) is 5.98. The molecule has 1 heterocycles. The van der Waals surface area contributed by atoms with Crippen molar-refractivity contribution in [1.29, 1.82) is 0 Å². The zero-order valence-electron chi connectivity index (χ0n) is 11.1. The molecule has 1 fully saturated rings. The molecular formula is C13H19ClN2O3. The van der Waals surface area contributed by atoms with Crippen LogP contribution in [0.1, 0.15) is 10.4 Å². The lowest BCUT2D eigenvalue weighted by Crippen LogP contribution is -2.43. The second-order valence-corrected chi connectivity index (χ2v) is 4.12. The number of halogens is 1. The van der Waals surface area contributed by atoms with Gasteiger partial charge >= 0.3 is 5.97 Å². The molecule has 1 aliphatic rings. The van der Waals surface area contributed by atoms with Crippen molar-refractivity contribution >= 4 is 24.1 Å². The highest BCUT2D eigenvalue weighted by atomic mass is 35.5. The summed E-state index contributed by atoms with van der Waals surface area (Å²) >= 11 is 0. The molecule has 0 bridgehead atoms. The lowest BCUT2D eigenvalue weighted by Gasteiger charge is -2.30. The maximum absolute atomic E-state index is 11.6. The van der Waals surface area contributed by atoms with Gasteiger partial charge in [-0.3, -0.25) is 0 Å². The summed E-state index contributed by atoms with van der Waals surface area (Å²) in [4.78, 5) is 13.8. The Kier molecular flexibility index (Phi) is 5.92. The van der Waals surface area contributed by atoms with Crippen LogP contribution in [0.2, 0.25) is 0 Å². The van der Waals surface area contributed by atoms with E-state index in [4.69, 9.17) is 9.47 Å². The summed E-state index contributed by atoms with van der Waals surface area (Å²) < 4.78 is 10.1. The Morgan fingerprint density at radius 2 is 1.95 bits per heavy atom. The van der Waals surface area contributed by atoms with Crippen LogP contribution in [0, 0.1) is 0 Å². The second-order valence-electron chi connectivity index (χ2n) is 4.12. The monoisotopic (exact) mass is 286 g/mol. The lowest BCUT2D eigenvalue weighted by atomic mass is 10.1. The van der Waals surface area contributed by atoms with E-state index in [0.717, 1.165) is 37.6 Å². The highest BCUT2D eigenvalue weighted by molar-refractivity contribution is 5.91. The third-order valence-electron chi connectivity index (χ3n) is 3.06. The van der Waals surface area contributed by atoms with Crippen LogP contribution >= 0.6 is 12.4 Å². The van der Waals surface area contributed by atoms with E-state index < -0.39 is 0 Å². The van der Waals surface area contributed by atoms with Gasteiger partial charge in [0.25, 0.3) is 0 Å². The van der Waals surface area contributed by atoms with Crippen LogP contribution in [-0.4, -0.2) is 46.4 Å². The fourth-order valence-electron chi connectivity index (χ4n) is 2.09. The number of ether oxygens (including phenoxy) is 2. The van der Waals surface area contributed by atoms with Gasteiger partial charge in [-0.25, -0.2) is 4.79 Å². The number of esters is 1. The average molecular weight is 287 g/mol. The van der Waals surface area contributed by atoms with Gasteiger partial charge in [0.05, 0.1) is 25.5 Å². The molecule has 0 unspecified atom stereocenters. The van der Waals surface area contributed by atoms with E-state index in [0.29, 0.717) is 5.56 Å². The Labute approximate surface area is 119 Å². The lowest BCUT2D eigenvalue weighted by molar-refractivity contribution is 0.0600. The zero-order chi connectivity index (χ0) is 13.0. The number of piperazine rings is 1. The van der Waals surface area contributed by atoms with Gasteiger partial charge < -0.3 is 19.7 Å². The van der Waals surface area contributed by atoms with Gasteiger partial charge in [0.2, 0.25) is 0 Å². The van der Waals surface area contributed by atoms with Gasteiger partial charge in [-0.2, -0.15) is 0 Å². The van der Waals surface area contributed by atoms with Crippen molar-refractivity contribution < 1.29 is 14.3 Å². The van der Waals surface area contributed by atoms with Crippen LogP contribution in [0.15, 0.2) is 18.2 Å². The number of hydrogen-bond acceptors (Lipinski definition) is 5. The van der Waals surface area contributed by atoms with Crippen molar-refractivity contribution in [1.82, 2.24) is 5.32 Å². The Balaban J connectivity index is 0.00000180. The fraction of sp³-hybridized carbons (Fsp3) is 0.462. The van der Waals surface area contributed by atoms with E-state index in [1.165, 1.54) is 7.11 Å². The standard InChI is InChI=1S/C13H18N2O3.ClH/c1-17-12-4-3-10(13(16)18-2)9-11(12)15-7-5-14-6-8-15;/h3-4,9,14H,5-8H2,1-2H3;1H. The Morgan fingerprint density at radius 1 is 1.26 bits per heavy atom. The van der Waals surface area contributed by atoms with Crippen molar-refractivity contribution in [2.24, 2.45) is 0 Å². The van der Waals surface area contributed by atoms with Crippen LogP contribution in [0.3, 0.4) is 0 Å². The minimum absolute atomic E-state index is 0. The van der Waals surface area contributed by atoms with Crippen molar-refractivity contribution in [3.05, 3.63) is 23.8 Å². The van der Waals surface area contributed by atoms with Crippen LogP contribution in [0.5, 0.6) is 5.75 Å². The quantitative estimate of drug-likeness (QED) is 0.849. The number of benzene rings is 1. The largest absolute Gasteiger partial charge is 0.495 e. The molecular weight excluding hydrogens is 268 g/mol. The number of nitrogens with zero attached hydrogens (tertiary/aromatic N) is 1. The molecule has 1 N–H and O–H groups in total. The number of anilines is 1. The van der Waals surface area contributed by atoms with Gasteiger partial charge in [-0.05, 0) is 18.2 Å². The highest BCUT2D eigenvalue weighted by Crippen LogP contribution is 2.29. The zero-order valence-corrected chi connectivity index (χ0v) is 12.0. The van der Waals surface area contributed by atoms with E-state index in [1.807, 2.05) is 12.1 Å². The maximum Gasteiger partial charge on any atom is 0.337 e. The van der Waals surface area contributed by atoms with E-state index in [2.05, 4.69) is 10.2 Å². The average Bonchev–Trinajstić information content (AvgIpc) is 2.46. The van der Waals surface area contributed by atoms with Crippen LogP contribution in [0.4, 0.5) is 5.69 Å². The molecule has 1 aromatic rings. The number of hydrogen-bond donors (Lipinski definition) is 1. The third-order valence-corrected chi connectivity index (χ3v) is 3.06. The topological polar surface area (TPSA) is 50.8 Å². The molecule has 0 saturated carbocycles. The molecule has 1 saturated heterocycles. The van der Waals surface area contributed by atoms with E-state index >= 15 is 0 Å². The maximum atomic E-state index is 11.6. The van der Waals surface area contributed by atoms with Gasteiger partial charge in [0.1, 0.15) is 5.75 Å². The molecule has 0 atom stereocenters. The summed E-state index contributed by atoms with van der Waals surface area (Å²) in [5.41, 5.74) is 1.49. The Morgan fingerprint density at radius 3 is 2.53 bits per heavy atom. The van der Waals surface area contributed by atoms with Crippen molar-refractivity contribution in [2.45, 2.75) is 0 Å². The summed E-state index contributed by atoms with van der Waals surface area (Å²) in [6.45, 7) is 3.68. The first kappa shape index (κ1) is 15.6. The van der Waals surface area contributed by atoms with Crippen molar-refractivity contribution in [3.63, 3.8) is 0 Å². The molecule has 6 heteroatoms. The Hall–Kier alpha value is -1.46. The van der Waals surface area contributed by atoms with Crippen LogP contribution in [-0.2, 0) is 4.74 Å². The van der Waals surface area contributed by atoms with E-state index in [-0.39, 0.29) is 18.4 Å². The smallest absolute Gasteiger partial charge is 0.337 e. The highest BCUT2D eigenvalue weighted by Gasteiger charge is 2.17. The van der Waals surface area contributed by atoms with Crippen molar-refractivity contribution in [3.8, 4) is 5.75 Å². The molecule has 1 aliphatic heterocycles. The van der Waals surface area contributed by atoms with Gasteiger partial charge in [-0.1, -0.05) is 0 Å². The molecule has 106 valence electrons. The van der Waals surface area contributed by atoms with E-state index in [9.17, 15) is 4.79 Å². The fourth-order valence-corrected chi connectivity index (χ4v) is 2.09.